The summed E-state index contributed by atoms with van der Waals surface area (Å²) in [5.41, 5.74) is 1.15. The fraction of sp³-hybridized carbons (Fsp3) is 0.105. The molecule has 1 aromatic heterocycles. The summed E-state index contributed by atoms with van der Waals surface area (Å²) in [6.45, 7) is 0. The monoisotopic (exact) mass is 368 g/mol. The summed E-state index contributed by atoms with van der Waals surface area (Å²) in [7, 11) is 3.04. The fourth-order valence-electron chi connectivity index (χ4n) is 2.35. The summed E-state index contributed by atoms with van der Waals surface area (Å²) in [6.07, 6.45) is 1.44. The van der Waals surface area contributed by atoms with Crippen molar-refractivity contribution < 1.29 is 18.7 Å². The molecule has 1 heterocycles. The van der Waals surface area contributed by atoms with Crippen molar-refractivity contribution in [3.8, 4) is 11.5 Å². The Bertz CT molecular complexity index is 965. The van der Waals surface area contributed by atoms with E-state index in [0.29, 0.717) is 22.9 Å². The minimum absolute atomic E-state index is 0.152. The molecular formula is C19H17FN4O3. The number of benzene rings is 2. The molecule has 1 amide bonds. The van der Waals surface area contributed by atoms with Crippen molar-refractivity contribution in [3.05, 3.63) is 66.2 Å². The van der Waals surface area contributed by atoms with E-state index >= 15 is 0 Å². The number of hydrogen-bond donors (Lipinski definition) is 2. The van der Waals surface area contributed by atoms with Crippen molar-refractivity contribution in [2.24, 2.45) is 0 Å². The Hall–Kier alpha value is -3.68. The molecule has 0 saturated carbocycles. The molecule has 8 heteroatoms. The van der Waals surface area contributed by atoms with Gasteiger partial charge in [0.2, 0.25) is 5.95 Å². The summed E-state index contributed by atoms with van der Waals surface area (Å²) >= 11 is 0. The molecule has 138 valence electrons. The third-order valence-corrected chi connectivity index (χ3v) is 3.61. The number of ether oxygens (including phenoxy) is 2. The second-order valence-corrected chi connectivity index (χ2v) is 5.42. The van der Waals surface area contributed by atoms with Crippen LogP contribution in [0.4, 0.5) is 21.7 Å². The molecular weight excluding hydrogens is 351 g/mol. The van der Waals surface area contributed by atoms with Crippen LogP contribution in [0, 0.1) is 5.82 Å². The number of anilines is 3. The van der Waals surface area contributed by atoms with Gasteiger partial charge in [0, 0.05) is 23.6 Å². The molecule has 3 rings (SSSR count). The van der Waals surface area contributed by atoms with E-state index in [-0.39, 0.29) is 17.5 Å². The van der Waals surface area contributed by atoms with Crippen LogP contribution in [0.15, 0.2) is 54.7 Å². The van der Waals surface area contributed by atoms with Gasteiger partial charge in [-0.25, -0.2) is 14.4 Å². The normalized spacial score (nSPS) is 10.2. The van der Waals surface area contributed by atoms with E-state index in [4.69, 9.17) is 9.47 Å². The van der Waals surface area contributed by atoms with E-state index < -0.39 is 5.91 Å². The minimum atomic E-state index is -0.424. The highest BCUT2D eigenvalue weighted by molar-refractivity contribution is 6.03. The zero-order valence-corrected chi connectivity index (χ0v) is 14.7. The number of amides is 1. The number of methoxy groups -OCH3 is 2. The van der Waals surface area contributed by atoms with Gasteiger partial charge in [-0.3, -0.25) is 4.79 Å². The molecule has 2 aromatic carbocycles. The lowest BCUT2D eigenvalue weighted by Crippen LogP contribution is -2.15. The standard InChI is InChI=1S/C19H17FN4O3/c1-26-16-7-6-14(11-17(16)27-2)22-18(25)15-8-9-21-19(24-15)23-13-5-3-4-12(20)10-13/h3-11H,1-2H3,(H,22,25)(H,21,23,24). The van der Waals surface area contributed by atoms with Crippen LogP contribution in [-0.4, -0.2) is 30.1 Å². The molecule has 0 unspecified atom stereocenters. The van der Waals surface area contributed by atoms with Gasteiger partial charge >= 0.3 is 0 Å². The van der Waals surface area contributed by atoms with Gasteiger partial charge in [0.15, 0.2) is 11.5 Å². The summed E-state index contributed by atoms with van der Waals surface area (Å²) in [6, 6.07) is 12.4. The molecule has 0 atom stereocenters. The number of halogens is 1. The average molecular weight is 368 g/mol. The fourth-order valence-corrected chi connectivity index (χ4v) is 2.35. The first-order valence-electron chi connectivity index (χ1n) is 7.98. The number of nitrogens with one attached hydrogen (secondary N) is 2. The smallest absolute Gasteiger partial charge is 0.274 e. The van der Waals surface area contributed by atoms with E-state index in [1.807, 2.05) is 0 Å². The number of carbonyl (C=O) groups excluding carboxylic acids is 1. The maximum atomic E-state index is 13.3. The zero-order chi connectivity index (χ0) is 19.2. The third-order valence-electron chi connectivity index (χ3n) is 3.61. The molecule has 0 spiro atoms. The van der Waals surface area contributed by atoms with Crippen molar-refractivity contribution in [1.82, 2.24) is 9.97 Å². The van der Waals surface area contributed by atoms with Crippen LogP contribution in [0.25, 0.3) is 0 Å². The van der Waals surface area contributed by atoms with Gasteiger partial charge in [-0.2, -0.15) is 0 Å². The van der Waals surface area contributed by atoms with Gasteiger partial charge < -0.3 is 20.1 Å². The van der Waals surface area contributed by atoms with Crippen LogP contribution in [-0.2, 0) is 0 Å². The molecule has 0 aliphatic rings. The van der Waals surface area contributed by atoms with Crippen molar-refractivity contribution in [2.45, 2.75) is 0 Å². The first-order valence-corrected chi connectivity index (χ1v) is 7.98. The molecule has 0 saturated heterocycles. The Morgan fingerprint density at radius 1 is 1.00 bits per heavy atom. The SMILES string of the molecule is COc1ccc(NC(=O)c2ccnc(Nc3cccc(F)c3)n2)cc1OC. The Kier molecular flexibility index (Phi) is 5.46. The van der Waals surface area contributed by atoms with Crippen LogP contribution in [0.5, 0.6) is 11.5 Å². The summed E-state index contributed by atoms with van der Waals surface area (Å²) in [5.74, 6) is 0.417. The first kappa shape index (κ1) is 18.1. The number of rotatable bonds is 6. The van der Waals surface area contributed by atoms with Crippen molar-refractivity contribution in [1.29, 1.82) is 0 Å². The molecule has 0 aliphatic heterocycles. The summed E-state index contributed by atoms with van der Waals surface area (Å²) in [5, 5.41) is 5.59. The van der Waals surface area contributed by atoms with Crippen molar-refractivity contribution in [2.75, 3.05) is 24.9 Å². The third kappa shape index (κ3) is 4.49. The number of nitrogens with zero attached hydrogens (tertiary/aromatic N) is 2. The van der Waals surface area contributed by atoms with Gasteiger partial charge in [-0.1, -0.05) is 6.07 Å². The number of hydrogen-bond acceptors (Lipinski definition) is 6. The predicted octanol–water partition coefficient (Wildman–Crippen LogP) is 3.63. The second kappa shape index (κ2) is 8.13. The molecule has 7 nitrogen and oxygen atoms in total. The number of aromatic nitrogens is 2. The van der Waals surface area contributed by atoms with E-state index in [0.717, 1.165) is 0 Å². The molecule has 0 radical (unpaired) electrons. The lowest BCUT2D eigenvalue weighted by molar-refractivity contribution is 0.102. The first-order chi connectivity index (χ1) is 13.1. The van der Waals surface area contributed by atoms with Gasteiger partial charge in [0.05, 0.1) is 14.2 Å². The lowest BCUT2D eigenvalue weighted by atomic mass is 10.2. The summed E-state index contributed by atoms with van der Waals surface area (Å²) < 4.78 is 23.7. The molecule has 2 N–H and O–H groups in total. The number of carbonyl (C=O) groups is 1. The van der Waals surface area contributed by atoms with Crippen LogP contribution in [0.2, 0.25) is 0 Å². The Morgan fingerprint density at radius 3 is 2.56 bits per heavy atom. The van der Waals surface area contributed by atoms with Crippen molar-refractivity contribution >= 4 is 23.2 Å². The average Bonchev–Trinajstić information content (AvgIpc) is 2.68. The maximum Gasteiger partial charge on any atom is 0.274 e. The lowest BCUT2D eigenvalue weighted by Gasteiger charge is -2.11. The topological polar surface area (TPSA) is 85.4 Å². The Balaban J connectivity index is 1.75. The highest BCUT2D eigenvalue weighted by atomic mass is 19.1. The molecule has 0 bridgehead atoms. The van der Waals surface area contributed by atoms with Crippen LogP contribution < -0.4 is 20.1 Å². The van der Waals surface area contributed by atoms with Gasteiger partial charge in [0.25, 0.3) is 5.91 Å². The Labute approximate surface area is 155 Å². The van der Waals surface area contributed by atoms with Gasteiger partial charge in [-0.15, -0.1) is 0 Å². The molecule has 3 aromatic rings. The van der Waals surface area contributed by atoms with Crippen LogP contribution in [0.1, 0.15) is 10.5 Å². The van der Waals surface area contributed by atoms with Crippen LogP contribution >= 0.6 is 0 Å². The highest BCUT2D eigenvalue weighted by Gasteiger charge is 2.12. The largest absolute Gasteiger partial charge is 0.493 e. The van der Waals surface area contributed by atoms with E-state index in [2.05, 4.69) is 20.6 Å². The van der Waals surface area contributed by atoms with Crippen molar-refractivity contribution in [3.63, 3.8) is 0 Å². The minimum Gasteiger partial charge on any atom is -0.493 e. The maximum absolute atomic E-state index is 13.3. The second-order valence-electron chi connectivity index (χ2n) is 5.42. The van der Waals surface area contributed by atoms with E-state index in [1.54, 1.807) is 30.3 Å². The predicted molar refractivity (Wildman–Crippen MR) is 99.2 cm³/mol. The van der Waals surface area contributed by atoms with E-state index in [1.165, 1.54) is 38.6 Å². The highest BCUT2D eigenvalue weighted by Crippen LogP contribution is 2.29. The molecule has 27 heavy (non-hydrogen) atoms. The van der Waals surface area contributed by atoms with Gasteiger partial charge in [0.1, 0.15) is 11.5 Å². The zero-order valence-electron chi connectivity index (χ0n) is 14.7. The summed E-state index contributed by atoms with van der Waals surface area (Å²) in [4.78, 5) is 20.7. The van der Waals surface area contributed by atoms with Gasteiger partial charge in [-0.05, 0) is 36.4 Å². The molecule has 0 aliphatic carbocycles. The Morgan fingerprint density at radius 2 is 1.81 bits per heavy atom. The quantitative estimate of drug-likeness (QED) is 0.691. The molecule has 0 fully saturated rings. The van der Waals surface area contributed by atoms with Crippen LogP contribution in [0.3, 0.4) is 0 Å². The van der Waals surface area contributed by atoms with E-state index in [9.17, 15) is 9.18 Å².